The molecule has 2 aromatic rings. The molecule has 0 unspecified atom stereocenters. The van der Waals surface area contributed by atoms with Crippen LogP contribution in [0.3, 0.4) is 0 Å². The predicted octanol–water partition coefficient (Wildman–Crippen LogP) is 2.26. The predicted molar refractivity (Wildman–Crippen MR) is 73.5 cm³/mol. The van der Waals surface area contributed by atoms with Crippen LogP contribution < -0.4 is 9.47 Å². The number of nitrogens with one attached hydrogen (secondary N) is 1. The van der Waals surface area contributed by atoms with Gasteiger partial charge in [-0.15, -0.1) is 0 Å². The quantitative estimate of drug-likeness (QED) is 0.787. The molecule has 0 atom stereocenters. The number of nitrogens with zero attached hydrogens (tertiary/aromatic N) is 1. The van der Waals surface area contributed by atoms with E-state index in [2.05, 4.69) is 26.1 Å². The lowest BCUT2D eigenvalue weighted by Gasteiger charge is -2.13. The van der Waals surface area contributed by atoms with E-state index in [9.17, 15) is 9.90 Å². The van der Waals surface area contributed by atoms with Crippen LogP contribution in [0.1, 0.15) is 10.5 Å². The van der Waals surface area contributed by atoms with Gasteiger partial charge in [0.2, 0.25) is 5.75 Å². The van der Waals surface area contributed by atoms with Crippen molar-refractivity contribution in [3.8, 4) is 28.5 Å². The Morgan fingerprint density at radius 1 is 1.35 bits per heavy atom. The van der Waals surface area contributed by atoms with E-state index in [1.807, 2.05) is 0 Å². The highest BCUT2D eigenvalue weighted by molar-refractivity contribution is 9.10. The van der Waals surface area contributed by atoms with Crippen LogP contribution in [0.4, 0.5) is 0 Å². The number of carboxylic acids is 1. The average molecular weight is 343 g/mol. The molecule has 3 N–H and O–H groups in total. The van der Waals surface area contributed by atoms with Gasteiger partial charge in [-0.05, 0) is 28.1 Å². The summed E-state index contributed by atoms with van der Waals surface area (Å²) < 4.78 is 10.7. The summed E-state index contributed by atoms with van der Waals surface area (Å²) in [5, 5.41) is 25.4. The second-order valence-corrected chi connectivity index (χ2v) is 4.64. The zero-order chi connectivity index (χ0) is 14.9. The van der Waals surface area contributed by atoms with Crippen LogP contribution in [-0.4, -0.2) is 40.6 Å². The number of methoxy groups -OCH3 is 2. The van der Waals surface area contributed by atoms with Gasteiger partial charge in [0, 0.05) is 4.47 Å². The molecule has 8 heteroatoms. The van der Waals surface area contributed by atoms with Crippen molar-refractivity contribution in [3.63, 3.8) is 0 Å². The van der Waals surface area contributed by atoms with Gasteiger partial charge < -0.3 is 19.7 Å². The van der Waals surface area contributed by atoms with Gasteiger partial charge in [-0.1, -0.05) is 0 Å². The fourth-order valence-corrected chi connectivity index (χ4v) is 2.35. The molecule has 0 aliphatic rings. The van der Waals surface area contributed by atoms with Crippen molar-refractivity contribution in [2.45, 2.75) is 0 Å². The number of hydrogen-bond acceptors (Lipinski definition) is 5. The van der Waals surface area contributed by atoms with Crippen LogP contribution in [0.5, 0.6) is 17.2 Å². The molecule has 20 heavy (non-hydrogen) atoms. The standard InChI is InChI=1S/C12H11BrN2O5/c1-19-8-3-5(13)9(10(16)11(8)20-2)6-4-7(12(17)18)15-14-6/h3-4,16H,1-2H3,(H,14,15)(H,17,18). The lowest BCUT2D eigenvalue weighted by atomic mass is 10.1. The molecular formula is C12H11BrN2O5. The first-order valence-electron chi connectivity index (χ1n) is 5.42. The number of carbonyl (C=O) groups is 1. The lowest BCUT2D eigenvalue weighted by Crippen LogP contribution is -1.95. The van der Waals surface area contributed by atoms with Crippen molar-refractivity contribution in [3.05, 3.63) is 22.3 Å². The first-order valence-corrected chi connectivity index (χ1v) is 6.21. The Labute approximate surface area is 122 Å². The molecule has 1 aromatic heterocycles. The minimum absolute atomic E-state index is 0.0823. The van der Waals surface area contributed by atoms with Gasteiger partial charge in [0.1, 0.15) is 5.69 Å². The molecule has 0 radical (unpaired) electrons. The minimum atomic E-state index is -1.14. The molecular weight excluding hydrogens is 332 g/mol. The summed E-state index contributed by atoms with van der Waals surface area (Å²) in [6.45, 7) is 0. The second kappa shape index (κ2) is 5.41. The van der Waals surface area contributed by atoms with Crippen molar-refractivity contribution < 1.29 is 24.5 Å². The molecule has 106 valence electrons. The van der Waals surface area contributed by atoms with Crippen molar-refractivity contribution in [2.75, 3.05) is 14.2 Å². The number of hydrogen-bond donors (Lipinski definition) is 3. The number of halogens is 1. The zero-order valence-corrected chi connectivity index (χ0v) is 12.2. The molecule has 7 nitrogen and oxygen atoms in total. The van der Waals surface area contributed by atoms with Gasteiger partial charge in [0.25, 0.3) is 0 Å². The summed E-state index contributed by atoms with van der Waals surface area (Å²) in [5.74, 6) is -0.845. The number of aromatic hydroxyl groups is 1. The van der Waals surface area contributed by atoms with Crippen LogP contribution in [0.25, 0.3) is 11.3 Å². The van der Waals surface area contributed by atoms with Crippen LogP contribution in [-0.2, 0) is 0 Å². The molecule has 0 amide bonds. The Morgan fingerprint density at radius 2 is 2.05 bits per heavy atom. The normalized spacial score (nSPS) is 10.3. The topological polar surface area (TPSA) is 105 Å². The second-order valence-electron chi connectivity index (χ2n) is 3.79. The number of ether oxygens (including phenoxy) is 2. The highest BCUT2D eigenvalue weighted by atomic mass is 79.9. The van der Waals surface area contributed by atoms with Gasteiger partial charge in [-0.2, -0.15) is 5.10 Å². The minimum Gasteiger partial charge on any atom is -0.504 e. The van der Waals surface area contributed by atoms with Crippen LogP contribution in [0.2, 0.25) is 0 Å². The van der Waals surface area contributed by atoms with E-state index in [1.165, 1.54) is 20.3 Å². The largest absolute Gasteiger partial charge is 0.504 e. The number of phenols is 1. The Balaban J connectivity index is 2.64. The third-order valence-corrected chi connectivity index (χ3v) is 3.29. The van der Waals surface area contributed by atoms with Crippen molar-refractivity contribution >= 4 is 21.9 Å². The van der Waals surface area contributed by atoms with Gasteiger partial charge in [-0.3, -0.25) is 5.10 Å². The van der Waals surface area contributed by atoms with Crippen LogP contribution in [0, 0.1) is 0 Å². The van der Waals surface area contributed by atoms with E-state index < -0.39 is 5.97 Å². The molecule has 0 aliphatic heterocycles. The Kier molecular flexibility index (Phi) is 3.84. The third kappa shape index (κ3) is 2.29. The number of aromatic nitrogens is 2. The van der Waals surface area contributed by atoms with Gasteiger partial charge in [0.05, 0.1) is 25.5 Å². The highest BCUT2D eigenvalue weighted by Crippen LogP contribution is 2.47. The fraction of sp³-hybridized carbons (Fsp3) is 0.167. The van der Waals surface area contributed by atoms with E-state index in [0.717, 1.165) is 0 Å². The van der Waals surface area contributed by atoms with Gasteiger partial charge in [0.15, 0.2) is 11.5 Å². The SMILES string of the molecule is COc1cc(Br)c(-c2cc(C(=O)O)[nH]n2)c(O)c1OC. The number of H-pyrrole nitrogens is 1. The molecule has 0 saturated carbocycles. The van der Waals surface area contributed by atoms with Gasteiger partial charge in [-0.25, -0.2) is 4.79 Å². The molecule has 0 saturated heterocycles. The van der Waals surface area contributed by atoms with E-state index in [1.54, 1.807) is 6.07 Å². The number of benzene rings is 1. The molecule has 0 fully saturated rings. The maximum absolute atomic E-state index is 10.8. The van der Waals surface area contributed by atoms with E-state index in [4.69, 9.17) is 14.6 Å². The summed E-state index contributed by atoms with van der Waals surface area (Å²) in [6.07, 6.45) is 0. The summed E-state index contributed by atoms with van der Waals surface area (Å²) in [5.41, 5.74) is 0.500. The smallest absolute Gasteiger partial charge is 0.353 e. The fourth-order valence-electron chi connectivity index (χ4n) is 1.75. The molecule has 1 heterocycles. The number of rotatable bonds is 4. The number of phenolic OH excluding ortho intramolecular Hbond substituents is 1. The Bertz CT molecular complexity index is 668. The zero-order valence-electron chi connectivity index (χ0n) is 10.6. The maximum atomic E-state index is 10.8. The van der Waals surface area contributed by atoms with Crippen molar-refractivity contribution in [1.82, 2.24) is 10.2 Å². The monoisotopic (exact) mass is 342 g/mol. The summed E-state index contributed by atoms with van der Waals surface area (Å²) >= 11 is 3.29. The Morgan fingerprint density at radius 3 is 2.55 bits per heavy atom. The summed E-state index contributed by atoms with van der Waals surface area (Å²) in [4.78, 5) is 10.8. The number of aromatic amines is 1. The van der Waals surface area contributed by atoms with E-state index in [0.29, 0.717) is 15.8 Å². The van der Waals surface area contributed by atoms with Crippen molar-refractivity contribution in [2.24, 2.45) is 0 Å². The van der Waals surface area contributed by atoms with E-state index >= 15 is 0 Å². The number of carboxylic acid groups (broad SMARTS) is 1. The van der Waals surface area contributed by atoms with Crippen LogP contribution in [0.15, 0.2) is 16.6 Å². The Hall–Kier alpha value is -2.22. The third-order valence-electron chi connectivity index (χ3n) is 2.66. The summed E-state index contributed by atoms with van der Waals surface area (Å²) in [6, 6.07) is 2.91. The first-order chi connectivity index (χ1) is 9.49. The summed E-state index contributed by atoms with van der Waals surface area (Å²) in [7, 11) is 2.84. The molecule has 0 spiro atoms. The van der Waals surface area contributed by atoms with Crippen LogP contribution >= 0.6 is 15.9 Å². The molecule has 0 aliphatic carbocycles. The lowest BCUT2D eigenvalue weighted by molar-refractivity contribution is 0.0690. The molecule has 1 aromatic carbocycles. The highest BCUT2D eigenvalue weighted by Gasteiger charge is 2.22. The van der Waals surface area contributed by atoms with Gasteiger partial charge >= 0.3 is 5.97 Å². The average Bonchev–Trinajstić information content (AvgIpc) is 2.87. The molecule has 0 bridgehead atoms. The van der Waals surface area contributed by atoms with Crippen molar-refractivity contribution in [1.29, 1.82) is 0 Å². The molecule has 2 rings (SSSR count). The first kappa shape index (κ1) is 14.2. The van der Waals surface area contributed by atoms with E-state index in [-0.39, 0.29) is 22.9 Å². The maximum Gasteiger partial charge on any atom is 0.353 e. The number of aromatic carboxylic acids is 1.